The molecule has 3 aromatic rings. The standard InChI is InChI=1S/C17H20N6O2/c1-12-4-7-19-17(20-12)18-6-3-8-23(2)16(24)15-10-14(21-22-15)13-5-9-25-11-13/h4-5,7,9-11H,3,6,8H2,1-2H3,(H,21,22)(H,18,19,20). The molecule has 3 heterocycles. The number of H-pyrrole nitrogens is 1. The van der Waals surface area contributed by atoms with Gasteiger partial charge < -0.3 is 14.6 Å². The minimum atomic E-state index is -0.103. The van der Waals surface area contributed by atoms with Crippen molar-refractivity contribution in [3.8, 4) is 11.3 Å². The summed E-state index contributed by atoms with van der Waals surface area (Å²) in [6.45, 7) is 3.21. The Balaban J connectivity index is 1.48. The van der Waals surface area contributed by atoms with E-state index < -0.39 is 0 Å². The Morgan fingerprint density at radius 1 is 1.40 bits per heavy atom. The highest BCUT2D eigenvalue weighted by Gasteiger charge is 2.15. The first kappa shape index (κ1) is 16.7. The van der Waals surface area contributed by atoms with Gasteiger partial charge in [-0.1, -0.05) is 0 Å². The molecule has 0 aliphatic rings. The number of hydrogen-bond donors (Lipinski definition) is 2. The van der Waals surface area contributed by atoms with Crippen molar-refractivity contribution >= 4 is 11.9 Å². The molecule has 0 saturated carbocycles. The summed E-state index contributed by atoms with van der Waals surface area (Å²) in [6.07, 6.45) is 5.66. The zero-order valence-electron chi connectivity index (χ0n) is 14.2. The van der Waals surface area contributed by atoms with Gasteiger partial charge in [0.25, 0.3) is 5.91 Å². The summed E-state index contributed by atoms with van der Waals surface area (Å²) in [7, 11) is 1.77. The Bertz CT molecular complexity index is 827. The highest BCUT2D eigenvalue weighted by molar-refractivity contribution is 5.93. The lowest BCUT2D eigenvalue weighted by atomic mass is 10.2. The molecule has 8 heteroatoms. The van der Waals surface area contributed by atoms with Gasteiger partial charge >= 0.3 is 0 Å². The number of aromatic nitrogens is 4. The second-order valence-electron chi connectivity index (χ2n) is 5.71. The van der Waals surface area contributed by atoms with Gasteiger partial charge in [0, 0.05) is 37.6 Å². The third kappa shape index (κ3) is 4.23. The lowest BCUT2D eigenvalue weighted by Gasteiger charge is -2.16. The molecule has 3 rings (SSSR count). The first-order chi connectivity index (χ1) is 12.1. The van der Waals surface area contributed by atoms with Crippen LogP contribution in [-0.2, 0) is 0 Å². The number of carbonyl (C=O) groups is 1. The van der Waals surface area contributed by atoms with Crippen molar-refractivity contribution in [1.82, 2.24) is 25.1 Å². The summed E-state index contributed by atoms with van der Waals surface area (Å²) >= 11 is 0. The predicted molar refractivity (Wildman–Crippen MR) is 93.1 cm³/mol. The Morgan fingerprint density at radius 2 is 2.28 bits per heavy atom. The number of carbonyl (C=O) groups excluding carboxylic acids is 1. The van der Waals surface area contributed by atoms with Gasteiger partial charge in [0.1, 0.15) is 5.69 Å². The van der Waals surface area contributed by atoms with E-state index in [-0.39, 0.29) is 5.91 Å². The molecule has 0 radical (unpaired) electrons. The molecule has 25 heavy (non-hydrogen) atoms. The van der Waals surface area contributed by atoms with Crippen LogP contribution in [0.4, 0.5) is 5.95 Å². The lowest BCUT2D eigenvalue weighted by Crippen LogP contribution is -2.29. The summed E-state index contributed by atoms with van der Waals surface area (Å²) in [5.41, 5.74) is 2.88. The average molecular weight is 340 g/mol. The summed E-state index contributed by atoms with van der Waals surface area (Å²) in [5, 5.41) is 10.1. The molecule has 0 spiro atoms. The van der Waals surface area contributed by atoms with E-state index in [0.29, 0.717) is 30.4 Å². The fourth-order valence-electron chi connectivity index (χ4n) is 2.35. The second kappa shape index (κ2) is 7.61. The molecule has 0 saturated heterocycles. The Labute approximate surface area is 145 Å². The van der Waals surface area contributed by atoms with Crippen molar-refractivity contribution in [2.75, 3.05) is 25.5 Å². The van der Waals surface area contributed by atoms with Crippen LogP contribution in [0.15, 0.2) is 41.3 Å². The summed E-state index contributed by atoms with van der Waals surface area (Å²) in [6, 6.07) is 5.37. The highest BCUT2D eigenvalue weighted by atomic mass is 16.3. The van der Waals surface area contributed by atoms with E-state index in [1.165, 1.54) is 0 Å². The van der Waals surface area contributed by atoms with Gasteiger partial charge in [-0.3, -0.25) is 9.89 Å². The van der Waals surface area contributed by atoms with Crippen LogP contribution in [0.5, 0.6) is 0 Å². The zero-order valence-corrected chi connectivity index (χ0v) is 14.2. The van der Waals surface area contributed by atoms with Crippen LogP contribution >= 0.6 is 0 Å². The number of anilines is 1. The number of hydrogen-bond acceptors (Lipinski definition) is 6. The Hall–Kier alpha value is -3.16. The van der Waals surface area contributed by atoms with E-state index >= 15 is 0 Å². The SMILES string of the molecule is Cc1ccnc(NCCCN(C)C(=O)c2cc(-c3ccoc3)n[nH]2)n1. The van der Waals surface area contributed by atoms with Gasteiger partial charge in [0.2, 0.25) is 5.95 Å². The fourth-order valence-corrected chi connectivity index (χ4v) is 2.35. The van der Waals surface area contributed by atoms with Crippen LogP contribution in [0.25, 0.3) is 11.3 Å². The van der Waals surface area contributed by atoms with E-state index in [2.05, 4.69) is 25.5 Å². The third-order valence-electron chi connectivity index (χ3n) is 3.72. The first-order valence-corrected chi connectivity index (χ1v) is 8.00. The number of aryl methyl sites for hydroxylation is 1. The lowest BCUT2D eigenvalue weighted by molar-refractivity contribution is 0.0789. The fraction of sp³-hybridized carbons (Fsp3) is 0.294. The molecule has 0 aliphatic heterocycles. The number of aromatic amines is 1. The molecule has 2 N–H and O–H groups in total. The number of rotatable bonds is 7. The van der Waals surface area contributed by atoms with Crippen LogP contribution in [0.1, 0.15) is 22.6 Å². The topological polar surface area (TPSA) is 99.9 Å². The van der Waals surface area contributed by atoms with E-state index in [9.17, 15) is 4.79 Å². The molecule has 130 valence electrons. The molecular formula is C17H20N6O2. The Kier molecular flexibility index (Phi) is 5.08. The molecule has 0 atom stereocenters. The normalized spacial score (nSPS) is 10.6. The van der Waals surface area contributed by atoms with Crippen molar-refractivity contribution < 1.29 is 9.21 Å². The molecule has 8 nitrogen and oxygen atoms in total. The molecule has 0 aliphatic carbocycles. The second-order valence-corrected chi connectivity index (χ2v) is 5.71. The van der Waals surface area contributed by atoms with Gasteiger partial charge in [0.15, 0.2) is 0 Å². The van der Waals surface area contributed by atoms with Crippen molar-refractivity contribution in [2.24, 2.45) is 0 Å². The van der Waals surface area contributed by atoms with Crippen LogP contribution in [0, 0.1) is 6.92 Å². The van der Waals surface area contributed by atoms with Crippen LogP contribution < -0.4 is 5.32 Å². The van der Waals surface area contributed by atoms with Crippen molar-refractivity contribution in [2.45, 2.75) is 13.3 Å². The van der Waals surface area contributed by atoms with E-state index in [1.54, 1.807) is 42.8 Å². The van der Waals surface area contributed by atoms with Crippen molar-refractivity contribution in [3.63, 3.8) is 0 Å². The minimum absolute atomic E-state index is 0.103. The van der Waals surface area contributed by atoms with E-state index in [0.717, 1.165) is 17.7 Å². The molecule has 0 bridgehead atoms. The van der Waals surface area contributed by atoms with Crippen LogP contribution in [0.2, 0.25) is 0 Å². The van der Waals surface area contributed by atoms with Gasteiger partial charge in [-0.25, -0.2) is 9.97 Å². The number of nitrogens with one attached hydrogen (secondary N) is 2. The third-order valence-corrected chi connectivity index (χ3v) is 3.72. The van der Waals surface area contributed by atoms with Gasteiger partial charge in [-0.2, -0.15) is 5.10 Å². The molecule has 1 amide bonds. The summed E-state index contributed by atoms with van der Waals surface area (Å²) in [5.74, 6) is 0.501. The van der Waals surface area contributed by atoms with Crippen molar-refractivity contribution in [3.05, 3.63) is 48.3 Å². The van der Waals surface area contributed by atoms with Crippen LogP contribution in [-0.4, -0.2) is 51.1 Å². The highest BCUT2D eigenvalue weighted by Crippen LogP contribution is 2.18. The molecular weight excluding hydrogens is 320 g/mol. The van der Waals surface area contributed by atoms with E-state index in [4.69, 9.17) is 4.42 Å². The molecule has 3 aromatic heterocycles. The quantitative estimate of drug-likeness (QED) is 0.640. The predicted octanol–water partition coefficient (Wildman–Crippen LogP) is 2.34. The number of furan rings is 1. The maximum atomic E-state index is 12.4. The Morgan fingerprint density at radius 3 is 3.04 bits per heavy atom. The monoisotopic (exact) mass is 340 g/mol. The first-order valence-electron chi connectivity index (χ1n) is 8.00. The van der Waals surface area contributed by atoms with Gasteiger partial charge in [-0.05, 0) is 31.5 Å². The number of nitrogens with zero attached hydrogens (tertiary/aromatic N) is 4. The largest absolute Gasteiger partial charge is 0.472 e. The smallest absolute Gasteiger partial charge is 0.271 e. The summed E-state index contributed by atoms with van der Waals surface area (Å²) in [4.78, 5) is 22.5. The molecule has 0 fully saturated rings. The summed E-state index contributed by atoms with van der Waals surface area (Å²) < 4.78 is 5.03. The van der Waals surface area contributed by atoms with Crippen molar-refractivity contribution in [1.29, 1.82) is 0 Å². The average Bonchev–Trinajstić information content (AvgIpc) is 3.28. The minimum Gasteiger partial charge on any atom is -0.472 e. The van der Waals surface area contributed by atoms with Gasteiger partial charge in [-0.15, -0.1) is 0 Å². The zero-order chi connectivity index (χ0) is 17.6. The van der Waals surface area contributed by atoms with Crippen LogP contribution in [0.3, 0.4) is 0 Å². The number of amides is 1. The molecule has 0 aromatic carbocycles. The molecule has 0 unspecified atom stereocenters. The van der Waals surface area contributed by atoms with Gasteiger partial charge in [0.05, 0.1) is 18.2 Å². The maximum absolute atomic E-state index is 12.4. The van der Waals surface area contributed by atoms with E-state index in [1.807, 2.05) is 13.0 Å². The maximum Gasteiger partial charge on any atom is 0.271 e.